The number of aromatic nitrogens is 1. The van der Waals surface area contributed by atoms with Crippen molar-refractivity contribution in [2.75, 3.05) is 19.6 Å². The van der Waals surface area contributed by atoms with Crippen LogP contribution in [-0.4, -0.2) is 45.6 Å². The van der Waals surface area contributed by atoms with E-state index in [2.05, 4.69) is 37.6 Å². The fourth-order valence-corrected chi connectivity index (χ4v) is 4.84. The molecule has 0 radical (unpaired) electrons. The van der Waals surface area contributed by atoms with Crippen LogP contribution in [0.2, 0.25) is 0 Å². The molecule has 3 nitrogen and oxygen atoms in total. The summed E-state index contributed by atoms with van der Waals surface area (Å²) in [5.74, 6) is 1.47. The lowest BCUT2D eigenvalue weighted by molar-refractivity contribution is 0.0518. The van der Waals surface area contributed by atoms with E-state index in [1.54, 1.807) is 0 Å². The van der Waals surface area contributed by atoms with Crippen molar-refractivity contribution >= 4 is 17.1 Å². The maximum absolute atomic E-state index is 10.2. The third kappa shape index (κ3) is 3.13. The van der Waals surface area contributed by atoms with Crippen molar-refractivity contribution in [1.82, 2.24) is 9.88 Å². The van der Waals surface area contributed by atoms with Gasteiger partial charge < -0.3 is 15.0 Å². The summed E-state index contributed by atoms with van der Waals surface area (Å²) in [6.07, 6.45) is 3.14. The standard InChI is InChI=1S/C19H30N2OS/c1-5-14-12(4)20-16-8-13-6-7-21(10-17(22)11(2)3)9-15(13)19(23)18(14)16/h11,13,15,17,20,22H,5-10H2,1-4H3. The first kappa shape index (κ1) is 17.1. The first-order valence-corrected chi connectivity index (χ1v) is 9.48. The molecule has 3 atom stereocenters. The Morgan fingerprint density at radius 2 is 2.13 bits per heavy atom. The number of aromatic amines is 1. The van der Waals surface area contributed by atoms with Gasteiger partial charge in [0.05, 0.1) is 6.10 Å². The molecule has 23 heavy (non-hydrogen) atoms. The van der Waals surface area contributed by atoms with Gasteiger partial charge in [0.25, 0.3) is 0 Å². The van der Waals surface area contributed by atoms with Crippen LogP contribution in [0.3, 0.4) is 0 Å². The van der Waals surface area contributed by atoms with Crippen LogP contribution in [0.5, 0.6) is 0 Å². The van der Waals surface area contributed by atoms with Crippen molar-refractivity contribution in [2.24, 2.45) is 17.8 Å². The lowest BCUT2D eigenvalue weighted by Crippen LogP contribution is -2.49. The molecule has 2 N–H and O–H groups in total. The number of aliphatic hydroxyl groups is 1. The Balaban J connectivity index is 1.79. The minimum atomic E-state index is -0.236. The number of likely N-dealkylation sites (tertiary alicyclic amines) is 1. The number of hydrogen-bond acceptors (Lipinski definition) is 3. The van der Waals surface area contributed by atoms with Crippen molar-refractivity contribution in [3.05, 3.63) is 22.5 Å². The van der Waals surface area contributed by atoms with E-state index in [0.29, 0.717) is 17.8 Å². The summed E-state index contributed by atoms with van der Waals surface area (Å²) >= 11 is 5.93. The summed E-state index contributed by atoms with van der Waals surface area (Å²) in [7, 11) is 0. The van der Waals surface area contributed by atoms with Gasteiger partial charge >= 0.3 is 0 Å². The number of hydrogen-bond donors (Lipinski definition) is 2. The molecule has 3 rings (SSSR count). The summed E-state index contributed by atoms with van der Waals surface area (Å²) in [5, 5.41) is 10.2. The SMILES string of the molecule is CCc1c(C)[nH]c2c1C(=S)C1CN(CC(O)C(C)C)CCC1C2. The number of aliphatic hydroxyl groups excluding tert-OH is 1. The molecular formula is C19H30N2OS. The van der Waals surface area contributed by atoms with E-state index < -0.39 is 0 Å². The molecule has 2 aliphatic rings. The van der Waals surface area contributed by atoms with Gasteiger partial charge in [-0.05, 0) is 50.1 Å². The lowest BCUT2D eigenvalue weighted by Gasteiger charge is -2.42. The van der Waals surface area contributed by atoms with Crippen molar-refractivity contribution < 1.29 is 5.11 Å². The average Bonchev–Trinajstić information content (AvgIpc) is 2.83. The summed E-state index contributed by atoms with van der Waals surface area (Å²) in [4.78, 5) is 7.19. The molecule has 0 saturated carbocycles. The Kier molecular flexibility index (Phi) is 4.96. The highest BCUT2D eigenvalue weighted by Gasteiger charge is 2.39. The summed E-state index contributed by atoms with van der Waals surface area (Å²) in [6.45, 7) is 11.5. The largest absolute Gasteiger partial charge is 0.392 e. The molecule has 1 saturated heterocycles. The molecule has 0 bridgehead atoms. The zero-order valence-electron chi connectivity index (χ0n) is 14.9. The topological polar surface area (TPSA) is 39.3 Å². The van der Waals surface area contributed by atoms with Gasteiger partial charge in [-0.15, -0.1) is 0 Å². The fraction of sp³-hybridized carbons (Fsp3) is 0.737. The minimum absolute atomic E-state index is 0.236. The van der Waals surface area contributed by atoms with E-state index >= 15 is 0 Å². The third-order valence-electron chi connectivity index (χ3n) is 5.85. The second-order valence-electron chi connectivity index (χ2n) is 7.73. The van der Waals surface area contributed by atoms with Crippen LogP contribution in [0.25, 0.3) is 0 Å². The maximum Gasteiger partial charge on any atom is 0.0689 e. The van der Waals surface area contributed by atoms with Gasteiger partial charge in [0.15, 0.2) is 0 Å². The number of aryl methyl sites for hydroxylation is 1. The van der Waals surface area contributed by atoms with E-state index in [4.69, 9.17) is 12.2 Å². The Labute approximate surface area is 145 Å². The molecule has 128 valence electrons. The lowest BCUT2D eigenvalue weighted by atomic mass is 9.73. The van der Waals surface area contributed by atoms with Crippen LogP contribution in [0.4, 0.5) is 0 Å². The van der Waals surface area contributed by atoms with Gasteiger partial charge in [-0.25, -0.2) is 0 Å². The van der Waals surface area contributed by atoms with Crippen LogP contribution in [0.15, 0.2) is 0 Å². The molecule has 0 spiro atoms. The van der Waals surface area contributed by atoms with Crippen molar-refractivity contribution in [2.45, 2.75) is 53.1 Å². The predicted octanol–water partition coefficient (Wildman–Crippen LogP) is 3.11. The van der Waals surface area contributed by atoms with E-state index in [1.807, 2.05) is 0 Å². The van der Waals surface area contributed by atoms with Crippen LogP contribution in [0, 0.1) is 24.7 Å². The van der Waals surface area contributed by atoms with Crippen molar-refractivity contribution in [3.8, 4) is 0 Å². The highest BCUT2D eigenvalue weighted by atomic mass is 32.1. The van der Waals surface area contributed by atoms with E-state index in [-0.39, 0.29) is 6.10 Å². The number of nitrogens with zero attached hydrogens (tertiary/aromatic N) is 1. The molecule has 3 unspecified atom stereocenters. The summed E-state index contributed by atoms with van der Waals surface area (Å²) in [5.41, 5.74) is 5.45. The van der Waals surface area contributed by atoms with Crippen LogP contribution < -0.4 is 0 Å². The van der Waals surface area contributed by atoms with Gasteiger partial charge in [0.1, 0.15) is 0 Å². The van der Waals surface area contributed by atoms with Crippen LogP contribution in [-0.2, 0) is 12.8 Å². The maximum atomic E-state index is 10.2. The van der Waals surface area contributed by atoms with Gasteiger partial charge in [0.2, 0.25) is 0 Å². The zero-order chi connectivity index (χ0) is 16.7. The number of β-amino-alcohol motifs (C(OH)–C–C–N with tert-alkyl or cyclic N) is 1. The summed E-state index contributed by atoms with van der Waals surface area (Å²) in [6, 6.07) is 0. The molecule has 4 heteroatoms. The monoisotopic (exact) mass is 334 g/mol. The molecule has 1 aliphatic carbocycles. The Morgan fingerprint density at radius 1 is 1.39 bits per heavy atom. The third-order valence-corrected chi connectivity index (χ3v) is 6.36. The molecule has 0 amide bonds. The number of piperidine rings is 1. The smallest absolute Gasteiger partial charge is 0.0689 e. The van der Waals surface area contributed by atoms with Gasteiger partial charge in [-0.2, -0.15) is 0 Å². The number of fused-ring (bicyclic) bond motifs is 2. The molecule has 1 fully saturated rings. The number of rotatable bonds is 4. The molecular weight excluding hydrogens is 304 g/mol. The second kappa shape index (κ2) is 6.66. The predicted molar refractivity (Wildman–Crippen MR) is 99.2 cm³/mol. The number of H-pyrrole nitrogens is 1. The normalized spacial score (nSPS) is 26.3. The molecule has 2 heterocycles. The van der Waals surface area contributed by atoms with E-state index in [1.165, 1.54) is 33.8 Å². The summed E-state index contributed by atoms with van der Waals surface area (Å²) < 4.78 is 0. The quantitative estimate of drug-likeness (QED) is 0.831. The minimum Gasteiger partial charge on any atom is -0.392 e. The number of nitrogens with one attached hydrogen (secondary N) is 1. The van der Waals surface area contributed by atoms with Gasteiger partial charge in [-0.3, -0.25) is 0 Å². The highest BCUT2D eigenvalue weighted by Crippen LogP contribution is 2.38. The molecule has 1 aromatic heterocycles. The van der Waals surface area contributed by atoms with Crippen molar-refractivity contribution in [3.63, 3.8) is 0 Å². The van der Waals surface area contributed by atoms with Gasteiger partial charge in [0, 0.05) is 40.8 Å². The fourth-order valence-electron chi connectivity index (χ4n) is 4.32. The molecule has 1 aliphatic heterocycles. The van der Waals surface area contributed by atoms with Gasteiger partial charge in [-0.1, -0.05) is 33.0 Å². The Bertz CT molecular complexity index is 592. The molecule has 0 aromatic carbocycles. The van der Waals surface area contributed by atoms with Crippen LogP contribution in [0.1, 0.15) is 49.7 Å². The average molecular weight is 335 g/mol. The first-order valence-electron chi connectivity index (χ1n) is 9.07. The number of thiocarbonyl (C=S) groups is 1. The Morgan fingerprint density at radius 3 is 2.78 bits per heavy atom. The highest BCUT2D eigenvalue weighted by molar-refractivity contribution is 7.80. The van der Waals surface area contributed by atoms with Crippen molar-refractivity contribution in [1.29, 1.82) is 0 Å². The van der Waals surface area contributed by atoms with E-state index in [0.717, 1.165) is 32.5 Å². The zero-order valence-corrected chi connectivity index (χ0v) is 15.7. The first-order chi connectivity index (χ1) is 10.9. The second-order valence-corrected chi connectivity index (χ2v) is 8.17. The van der Waals surface area contributed by atoms with Crippen LogP contribution >= 0.6 is 12.2 Å². The Hall–Kier alpha value is -0.710. The van der Waals surface area contributed by atoms with E-state index in [9.17, 15) is 5.11 Å². The molecule has 1 aromatic rings.